The summed E-state index contributed by atoms with van der Waals surface area (Å²) in [7, 11) is 0. The smallest absolute Gasteiger partial charge is 0.250 e. The van der Waals surface area contributed by atoms with Crippen molar-refractivity contribution in [2.24, 2.45) is 5.41 Å². The Balaban J connectivity index is 1.78. The van der Waals surface area contributed by atoms with E-state index in [2.05, 4.69) is 11.8 Å². The Bertz CT molecular complexity index is 189. The highest BCUT2D eigenvalue weighted by molar-refractivity contribution is 4.92. The summed E-state index contributed by atoms with van der Waals surface area (Å²) in [5.41, 5.74) is 0.465. The number of alkyl halides is 2. The zero-order valence-electron chi connectivity index (χ0n) is 8.15. The molecule has 0 aromatic heterocycles. The molecule has 13 heavy (non-hydrogen) atoms. The van der Waals surface area contributed by atoms with Crippen molar-refractivity contribution >= 4 is 0 Å². The largest absolute Gasteiger partial charge is 0.302 e. The highest BCUT2D eigenvalue weighted by Gasteiger charge is 2.41. The van der Waals surface area contributed by atoms with E-state index in [0.29, 0.717) is 18.5 Å². The van der Waals surface area contributed by atoms with Crippen LogP contribution in [0, 0.1) is 5.41 Å². The van der Waals surface area contributed by atoms with Crippen LogP contribution in [-0.2, 0) is 0 Å². The second-order valence-corrected chi connectivity index (χ2v) is 4.94. The van der Waals surface area contributed by atoms with Crippen LogP contribution in [0.15, 0.2) is 0 Å². The minimum Gasteiger partial charge on any atom is -0.302 e. The lowest BCUT2D eigenvalue weighted by molar-refractivity contribution is -0.0577. The molecule has 2 fully saturated rings. The molecule has 1 saturated heterocycles. The number of hydrogen-bond acceptors (Lipinski definition) is 1. The molecular formula is C10H17F2N. The number of likely N-dealkylation sites (tertiary alicyclic amines) is 1. The van der Waals surface area contributed by atoms with Gasteiger partial charge in [-0.1, -0.05) is 6.92 Å². The molecule has 0 N–H and O–H groups in total. The van der Waals surface area contributed by atoms with E-state index < -0.39 is 5.92 Å². The first-order valence-corrected chi connectivity index (χ1v) is 5.09. The molecule has 76 valence electrons. The number of halogens is 2. The fraction of sp³-hybridized carbons (Fsp3) is 1.00. The van der Waals surface area contributed by atoms with Crippen LogP contribution >= 0.6 is 0 Å². The quantitative estimate of drug-likeness (QED) is 0.645. The maximum absolute atomic E-state index is 12.8. The normalized spacial score (nSPS) is 31.6. The average Bonchev–Trinajstić information content (AvgIpc) is 2.74. The van der Waals surface area contributed by atoms with Gasteiger partial charge in [-0.05, 0) is 18.3 Å². The highest BCUT2D eigenvalue weighted by atomic mass is 19.3. The van der Waals surface area contributed by atoms with Crippen molar-refractivity contribution in [2.45, 2.75) is 38.5 Å². The minimum atomic E-state index is -2.39. The molecule has 0 amide bonds. The molecule has 0 atom stereocenters. The van der Waals surface area contributed by atoms with Crippen molar-refractivity contribution in [3.8, 4) is 0 Å². The molecule has 1 aliphatic carbocycles. The van der Waals surface area contributed by atoms with Crippen molar-refractivity contribution in [2.75, 3.05) is 19.6 Å². The third kappa shape index (κ3) is 2.39. The summed E-state index contributed by atoms with van der Waals surface area (Å²) < 4.78 is 25.6. The van der Waals surface area contributed by atoms with Gasteiger partial charge >= 0.3 is 0 Å². The molecule has 1 saturated carbocycles. The molecule has 1 heterocycles. The van der Waals surface area contributed by atoms with Crippen LogP contribution in [0.5, 0.6) is 0 Å². The lowest BCUT2D eigenvalue weighted by Crippen LogP contribution is -2.41. The number of nitrogens with zero attached hydrogens (tertiary/aromatic N) is 1. The molecule has 0 aromatic rings. The molecule has 2 rings (SSSR count). The maximum atomic E-state index is 12.8. The van der Waals surface area contributed by atoms with Gasteiger partial charge in [-0.25, -0.2) is 8.78 Å². The van der Waals surface area contributed by atoms with Crippen LogP contribution in [0.1, 0.15) is 32.6 Å². The predicted octanol–water partition coefficient (Wildman–Crippen LogP) is 2.52. The Kier molecular flexibility index (Phi) is 2.10. The molecule has 1 nitrogen and oxygen atoms in total. The summed E-state index contributed by atoms with van der Waals surface area (Å²) in [6, 6.07) is 0. The van der Waals surface area contributed by atoms with Crippen molar-refractivity contribution in [3.63, 3.8) is 0 Å². The first-order chi connectivity index (χ1) is 5.99. The fourth-order valence-corrected chi connectivity index (χ4v) is 1.95. The van der Waals surface area contributed by atoms with Crippen LogP contribution in [0.25, 0.3) is 0 Å². The molecule has 0 unspecified atom stereocenters. The summed E-state index contributed by atoms with van der Waals surface area (Å²) in [5, 5.41) is 0. The van der Waals surface area contributed by atoms with E-state index in [4.69, 9.17) is 0 Å². The first-order valence-electron chi connectivity index (χ1n) is 5.09. The Morgan fingerprint density at radius 2 is 1.62 bits per heavy atom. The zero-order valence-corrected chi connectivity index (χ0v) is 8.15. The fourth-order valence-electron chi connectivity index (χ4n) is 1.95. The zero-order chi connectivity index (χ0) is 9.53. The number of piperidine rings is 1. The monoisotopic (exact) mass is 189 g/mol. The molecule has 2 aliphatic rings. The minimum absolute atomic E-state index is 0.0586. The van der Waals surface area contributed by atoms with Gasteiger partial charge in [0.2, 0.25) is 0 Å². The van der Waals surface area contributed by atoms with Crippen LogP contribution in [0.2, 0.25) is 0 Å². The molecular weight excluding hydrogens is 172 g/mol. The summed E-state index contributed by atoms with van der Waals surface area (Å²) >= 11 is 0. The van der Waals surface area contributed by atoms with Gasteiger partial charge in [-0.15, -0.1) is 0 Å². The SMILES string of the molecule is CC1(CN2CCC(F)(F)CC2)CC1. The second kappa shape index (κ2) is 2.91. The van der Waals surface area contributed by atoms with Gasteiger partial charge in [0.1, 0.15) is 0 Å². The van der Waals surface area contributed by atoms with E-state index in [1.54, 1.807) is 0 Å². The van der Waals surface area contributed by atoms with Crippen LogP contribution < -0.4 is 0 Å². The van der Waals surface area contributed by atoms with Crippen molar-refractivity contribution in [3.05, 3.63) is 0 Å². The van der Waals surface area contributed by atoms with E-state index in [-0.39, 0.29) is 12.8 Å². The van der Waals surface area contributed by atoms with E-state index in [0.717, 1.165) is 6.54 Å². The standard InChI is InChI=1S/C10H17F2N/c1-9(2-3-9)8-13-6-4-10(11,12)5-7-13/h2-8H2,1H3. The third-order valence-corrected chi connectivity index (χ3v) is 3.30. The van der Waals surface area contributed by atoms with E-state index >= 15 is 0 Å². The Labute approximate surface area is 78.1 Å². The van der Waals surface area contributed by atoms with Gasteiger partial charge in [0.15, 0.2) is 0 Å². The third-order valence-electron chi connectivity index (χ3n) is 3.30. The first kappa shape index (κ1) is 9.38. The predicted molar refractivity (Wildman–Crippen MR) is 48.0 cm³/mol. The van der Waals surface area contributed by atoms with Crippen molar-refractivity contribution in [1.82, 2.24) is 4.90 Å². The van der Waals surface area contributed by atoms with Gasteiger partial charge in [0.05, 0.1) is 0 Å². The molecule has 0 spiro atoms. The average molecular weight is 189 g/mol. The highest BCUT2D eigenvalue weighted by Crippen LogP contribution is 2.46. The van der Waals surface area contributed by atoms with Crippen LogP contribution in [0.4, 0.5) is 8.78 Å². The summed E-state index contributed by atoms with van der Waals surface area (Å²) in [6.07, 6.45) is 2.67. The molecule has 0 radical (unpaired) electrons. The van der Waals surface area contributed by atoms with Crippen molar-refractivity contribution in [1.29, 1.82) is 0 Å². The topological polar surface area (TPSA) is 3.24 Å². The van der Waals surface area contributed by atoms with Gasteiger partial charge in [-0.3, -0.25) is 0 Å². The maximum Gasteiger partial charge on any atom is 0.250 e. The van der Waals surface area contributed by atoms with Crippen LogP contribution in [-0.4, -0.2) is 30.5 Å². The Morgan fingerprint density at radius 1 is 1.08 bits per heavy atom. The molecule has 0 aromatic carbocycles. The van der Waals surface area contributed by atoms with Gasteiger partial charge in [-0.2, -0.15) is 0 Å². The summed E-state index contributed by atoms with van der Waals surface area (Å²) in [6.45, 7) is 4.45. The van der Waals surface area contributed by atoms with Crippen LogP contribution in [0.3, 0.4) is 0 Å². The van der Waals surface area contributed by atoms with Gasteiger partial charge in [0.25, 0.3) is 5.92 Å². The Hall–Kier alpha value is -0.180. The second-order valence-electron chi connectivity index (χ2n) is 4.94. The van der Waals surface area contributed by atoms with E-state index in [9.17, 15) is 8.78 Å². The number of rotatable bonds is 2. The van der Waals surface area contributed by atoms with E-state index in [1.807, 2.05) is 0 Å². The lowest BCUT2D eigenvalue weighted by atomic mass is 10.0. The van der Waals surface area contributed by atoms with Crippen molar-refractivity contribution < 1.29 is 8.78 Å². The molecule has 3 heteroatoms. The lowest BCUT2D eigenvalue weighted by Gasteiger charge is -2.33. The van der Waals surface area contributed by atoms with Gasteiger partial charge < -0.3 is 4.90 Å². The van der Waals surface area contributed by atoms with Gasteiger partial charge in [0, 0.05) is 32.5 Å². The molecule has 1 aliphatic heterocycles. The summed E-state index contributed by atoms with van der Waals surface area (Å²) in [5.74, 6) is -2.39. The Morgan fingerprint density at radius 3 is 2.08 bits per heavy atom. The van der Waals surface area contributed by atoms with E-state index in [1.165, 1.54) is 12.8 Å². The molecule has 0 bridgehead atoms. The summed E-state index contributed by atoms with van der Waals surface area (Å²) in [4.78, 5) is 2.20. The number of hydrogen-bond donors (Lipinski definition) is 0.